The molecule has 5 heteroatoms. The Morgan fingerprint density at radius 1 is 1.04 bits per heavy atom. The Morgan fingerprint density at radius 2 is 1.61 bits per heavy atom. The normalized spacial score (nSPS) is 33.4. The minimum atomic E-state index is -0.274. The summed E-state index contributed by atoms with van der Waals surface area (Å²) in [5, 5.41) is 0. The molecule has 0 unspecified atom stereocenters. The molecule has 1 saturated carbocycles. The smallest absolute Gasteiger partial charge is 0.403 e. The zero-order valence-electron chi connectivity index (χ0n) is 16.3. The summed E-state index contributed by atoms with van der Waals surface area (Å²) in [6, 6.07) is 4.04. The van der Waals surface area contributed by atoms with E-state index in [1.807, 2.05) is 7.11 Å². The van der Waals surface area contributed by atoms with Crippen molar-refractivity contribution in [3.8, 4) is 0 Å². The van der Waals surface area contributed by atoms with Crippen LogP contribution in [-0.4, -0.2) is 40.3 Å². The van der Waals surface area contributed by atoms with Gasteiger partial charge in [-0.1, -0.05) is 44.8 Å². The van der Waals surface area contributed by atoms with Crippen molar-refractivity contribution in [2.75, 3.05) is 7.11 Å². The summed E-state index contributed by atoms with van der Waals surface area (Å²) in [5.41, 5.74) is -0.461. The first-order valence-electron chi connectivity index (χ1n) is 9.47. The molecule has 2 fully saturated rings. The second-order valence-electron chi connectivity index (χ2n) is 8.32. The topological polar surface area (TPSA) is 27.7 Å². The maximum Gasteiger partial charge on any atom is 0.461 e. The first-order chi connectivity index (χ1) is 10.8. The number of rotatable bonds is 6. The van der Waals surface area contributed by atoms with Gasteiger partial charge in [0.25, 0.3) is 0 Å². The highest BCUT2D eigenvalue weighted by molar-refractivity contribution is 6.59. The van der Waals surface area contributed by atoms with E-state index in [0.29, 0.717) is 17.8 Å². The Balaban J connectivity index is 2.17. The number of ether oxygens (including phenoxy) is 1. The van der Waals surface area contributed by atoms with E-state index >= 15 is 0 Å². The van der Waals surface area contributed by atoms with Crippen LogP contribution < -0.4 is 0 Å². The van der Waals surface area contributed by atoms with Crippen molar-refractivity contribution in [1.29, 1.82) is 0 Å². The molecule has 0 aromatic carbocycles. The van der Waals surface area contributed by atoms with Gasteiger partial charge in [0.1, 0.15) is 0 Å². The molecule has 1 aliphatic carbocycles. The van der Waals surface area contributed by atoms with E-state index < -0.39 is 0 Å². The van der Waals surface area contributed by atoms with Crippen LogP contribution in [0.2, 0.25) is 23.9 Å². The minimum Gasteiger partial charge on any atom is -0.403 e. The quantitative estimate of drug-likeness (QED) is 0.651. The molecule has 0 amide bonds. The van der Waals surface area contributed by atoms with Gasteiger partial charge >= 0.3 is 7.12 Å². The largest absolute Gasteiger partial charge is 0.461 e. The Kier molecular flexibility index (Phi) is 6.43. The monoisotopic (exact) mass is 339 g/mol. The van der Waals surface area contributed by atoms with Gasteiger partial charge in [-0.25, -0.2) is 0 Å². The zero-order valence-corrected chi connectivity index (χ0v) is 17.3. The predicted molar refractivity (Wildman–Crippen MR) is 99.5 cm³/mol. The van der Waals surface area contributed by atoms with Crippen LogP contribution >= 0.6 is 0 Å². The third kappa shape index (κ3) is 4.05. The summed E-state index contributed by atoms with van der Waals surface area (Å²) in [5.74, 6) is 1.07. The molecule has 3 atom stereocenters. The average Bonchev–Trinajstić information content (AvgIpc) is 2.72. The van der Waals surface area contributed by atoms with Gasteiger partial charge < -0.3 is 14.0 Å². The summed E-state index contributed by atoms with van der Waals surface area (Å²) in [7, 11) is 1.54. The van der Waals surface area contributed by atoms with E-state index in [1.54, 1.807) is 0 Å². The van der Waals surface area contributed by atoms with Crippen molar-refractivity contribution in [3.05, 3.63) is 0 Å². The van der Waals surface area contributed by atoms with Crippen LogP contribution in [0.4, 0.5) is 0 Å². The van der Waals surface area contributed by atoms with E-state index in [9.17, 15) is 0 Å². The van der Waals surface area contributed by atoms with Gasteiger partial charge in [0.15, 0.2) is 0 Å². The molecule has 0 bridgehead atoms. The summed E-state index contributed by atoms with van der Waals surface area (Å²) < 4.78 is 18.7. The highest BCUT2D eigenvalue weighted by Crippen LogP contribution is 2.48. The van der Waals surface area contributed by atoms with Gasteiger partial charge in [-0.05, 0) is 45.9 Å². The molecule has 1 heterocycles. The van der Waals surface area contributed by atoms with Crippen LogP contribution in [0.3, 0.4) is 0 Å². The molecule has 1 saturated heterocycles. The van der Waals surface area contributed by atoms with Gasteiger partial charge in [-0.15, -0.1) is 0 Å². The van der Waals surface area contributed by atoms with Crippen LogP contribution in [0.5, 0.6) is 0 Å². The summed E-state index contributed by atoms with van der Waals surface area (Å²) in [4.78, 5) is 0. The fourth-order valence-corrected chi connectivity index (χ4v) is 6.42. The molecular weight excluding hydrogens is 303 g/mol. The van der Waals surface area contributed by atoms with Gasteiger partial charge in [0, 0.05) is 15.9 Å². The standard InChI is InChI=1S/C18H36BO3Si/c1-8-23(9-2)13-14-15(11-10-12-16(14)20-7)19-21-17(3,4)18(5,6)22-19/h14-16H,8-13H2,1-7H3/t14-,15+,16-/m0/s1. The average molecular weight is 339 g/mol. The van der Waals surface area contributed by atoms with Crippen LogP contribution in [0.15, 0.2) is 0 Å². The third-order valence-electron chi connectivity index (χ3n) is 6.50. The maximum atomic E-state index is 6.41. The molecule has 0 aromatic heterocycles. The molecule has 0 N–H and O–H groups in total. The number of methoxy groups -OCH3 is 1. The lowest BCUT2D eigenvalue weighted by atomic mass is 9.59. The highest BCUT2D eigenvalue weighted by atomic mass is 28.3. The first-order valence-corrected chi connectivity index (χ1v) is 11.6. The zero-order chi connectivity index (χ0) is 17.3. The SMILES string of the molecule is CC[Si](CC)C[C@@H]1[C@@H](OC)CCC[C@H]1B1OC(C)(C)C(C)(C)O1. The molecule has 3 nitrogen and oxygen atoms in total. The Morgan fingerprint density at radius 3 is 2.09 bits per heavy atom. The molecule has 2 aliphatic rings. The van der Waals surface area contributed by atoms with Crippen molar-refractivity contribution >= 4 is 15.9 Å². The minimum absolute atomic E-state index is 0.0695. The molecule has 0 spiro atoms. The van der Waals surface area contributed by atoms with E-state index in [2.05, 4.69) is 41.5 Å². The lowest BCUT2D eigenvalue weighted by Crippen LogP contribution is -2.41. The molecule has 23 heavy (non-hydrogen) atoms. The maximum absolute atomic E-state index is 6.41. The summed E-state index contributed by atoms with van der Waals surface area (Å²) >= 11 is 0. The molecule has 1 aliphatic heterocycles. The second kappa shape index (κ2) is 7.59. The Labute approximate surface area is 145 Å². The summed E-state index contributed by atoms with van der Waals surface area (Å²) in [6.45, 7) is 13.3. The van der Waals surface area contributed by atoms with Crippen molar-refractivity contribution in [2.45, 2.75) is 102 Å². The van der Waals surface area contributed by atoms with Gasteiger partial charge in [0.05, 0.1) is 17.3 Å². The molecular formula is C18H36BO3Si. The predicted octanol–water partition coefficient (Wildman–Crippen LogP) is 4.80. The molecule has 1 radical (unpaired) electrons. The fraction of sp³-hybridized carbons (Fsp3) is 1.00. The number of hydrogen-bond acceptors (Lipinski definition) is 3. The van der Waals surface area contributed by atoms with E-state index in [1.165, 1.54) is 37.4 Å². The van der Waals surface area contributed by atoms with Gasteiger partial charge in [0.2, 0.25) is 0 Å². The van der Waals surface area contributed by atoms with E-state index in [0.717, 1.165) is 0 Å². The van der Waals surface area contributed by atoms with Gasteiger partial charge in [-0.3, -0.25) is 0 Å². The van der Waals surface area contributed by atoms with Crippen molar-refractivity contribution in [1.82, 2.24) is 0 Å². The van der Waals surface area contributed by atoms with Crippen LogP contribution in [0.25, 0.3) is 0 Å². The first kappa shape index (κ1) is 19.5. The van der Waals surface area contributed by atoms with E-state index in [-0.39, 0.29) is 27.1 Å². The van der Waals surface area contributed by atoms with Gasteiger partial charge in [-0.2, -0.15) is 0 Å². The van der Waals surface area contributed by atoms with Crippen LogP contribution in [0.1, 0.15) is 60.8 Å². The summed E-state index contributed by atoms with van der Waals surface area (Å²) in [6.07, 6.45) is 4.01. The van der Waals surface area contributed by atoms with Crippen molar-refractivity contribution in [2.24, 2.45) is 5.92 Å². The van der Waals surface area contributed by atoms with E-state index in [4.69, 9.17) is 14.0 Å². The number of hydrogen-bond donors (Lipinski definition) is 0. The fourth-order valence-electron chi connectivity index (χ4n) is 4.11. The van der Waals surface area contributed by atoms with Crippen LogP contribution in [0, 0.1) is 5.92 Å². The lowest BCUT2D eigenvalue weighted by molar-refractivity contribution is 0.00578. The Hall–Kier alpha value is 0.162. The third-order valence-corrected chi connectivity index (χ3v) is 9.55. The lowest BCUT2D eigenvalue weighted by Gasteiger charge is -2.39. The van der Waals surface area contributed by atoms with Crippen LogP contribution in [-0.2, 0) is 14.0 Å². The second-order valence-corrected chi connectivity index (χ2v) is 11.6. The Bertz CT molecular complexity index is 368. The van der Waals surface area contributed by atoms with Crippen molar-refractivity contribution < 1.29 is 14.0 Å². The highest BCUT2D eigenvalue weighted by Gasteiger charge is 2.56. The molecule has 2 rings (SSSR count). The molecule has 133 valence electrons. The van der Waals surface area contributed by atoms with Crippen molar-refractivity contribution in [3.63, 3.8) is 0 Å². The molecule has 0 aromatic rings.